The highest BCUT2D eigenvalue weighted by Gasteiger charge is 2.15. The molecule has 1 unspecified atom stereocenters. The molecular formula is C16H23N3O2. The van der Waals surface area contributed by atoms with E-state index in [0.29, 0.717) is 24.2 Å². The van der Waals surface area contributed by atoms with Gasteiger partial charge in [-0.1, -0.05) is 31.1 Å². The lowest BCUT2D eigenvalue weighted by molar-refractivity contribution is 0.213. The second kappa shape index (κ2) is 6.72. The molecule has 0 aliphatic rings. The van der Waals surface area contributed by atoms with Crippen LogP contribution in [0.1, 0.15) is 44.0 Å². The first-order valence-corrected chi connectivity index (χ1v) is 7.26. The van der Waals surface area contributed by atoms with Crippen LogP contribution in [0.25, 0.3) is 0 Å². The molecule has 0 amide bonds. The molecule has 2 rings (SSSR count). The minimum atomic E-state index is 0.280. The van der Waals surface area contributed by atoms with Crippen molar-refractivity contribution in [2.45, 2.75) is 45.7 Å². The molecule has 0 radical (unpaired) electrons. The summed E-state index contributed by atoms with van der Waals surface area (Å²) < 4.78 is 5.28. The summed E-state index contributed by atoms with van der Waals surface area (Å²) in [6, 6.07) is 7.67. The number of benzene rings is 1. The predicted molar refractivity (Wildman–Crippen MR) is 81.1 cm³/mol. The van der Waals surface area contributed by atoms with Crippen molar-refractivity contribution in [3.63, 3.8) is 0 Å². The largest absolute Gasteiger partial charge is 0.508 e. The average molecular weight is 289 g/mol. The molecule has 1 atom stereocenters. The van der Waals surface area contributed by atoms with Crippen molar-refractivity contribution in [3.05, 3.63) is 41.5 Å². The van der Waals surface area contributed by atoms with Crippen LogP contribution in [0.5, 0.6) is 5.75 Å². The maximum Gasteiger partial charge on any atom is 0.240 e. The lowest BCUT2D eigenvalue weighted by Crippen LogP contribution is -2.30. The molecule has 0 bridgehead atoms. The van der Waals surface area contributed by atoms with Crippen LogP contribution in [-0.2, 0) is 13.0 Å². The van der Waals surface area contributed by atoms with Crippen LogP contribution in [0, 0.1) is 0 Å². The Balaban J connectivity index is 1.92. The Kier molecular flexibility index (Phi) is 4.96. The Morgan fingerprint density at radius 3 is 2.43 bits per heavy atom. The molecule has 0 saturated heterocycles. The van der Waals surface area contributed by atoms with Gasteiger partial charge in [0, 0.05) is 12.0 Å². The van der Waals surface area contributed by atoms with Crippen LogP contribution in [0.15, 0.2) is 28.8 Å². The van der Waals surface area contributed by atoms with E-state index in [0.717, 1.165) is 12.2 Å². The SMILES string of the molecule is CC(C)c1noc(CN(C)C(C)Cc2ccc(O)cc2)n1. The molecule has 0 fully saturated rings. The quantitative estimate of drug-likeness (QED) is 0.885. The van der Waals surface area contributed by atoms with E-state index in [1.807, 2.05) is 33.0 Å². The number of aromatic nitrogens is 2. The van der Waals surface area contributed by atoms with Crippen molar-refractivity contribution < 1.29 is 9.63 Å². The Labute approximate surface area is 125 Å². The zero-order chi connectivity index (χ0) is 15.4. The summed E-state index contributed by atoms with van der Waals surface area (Å²) >= 11 is 0. The summed E-state index contributed by atoms with van der Waals surface area (Å²) in [5.41, 5.74) is 1.19. The summed E-state index contributed by atoms with van der Waals surface area (Å²) in [6.45, 7) is 6.89. The van der Waals surface area contributed by atoms with Crippen molar-refractivity contribution in [1.29, 1.82) is 0 Å². The second-order valence-corrected chi connectivity index (χ2v) is 5.84. The van der Waals surface area contributed by atoms with Gasteiger partial charge in [-0.3, -0.25) is 4.90 Å². The lowest BCUT2D eigenvalue weighted by Gasteiger charge is -2.23. The molecule has 0 aliphatic heterocycles. The molecule has 114 valence electrons. The summed E-state index contributed by atoms with van der Waals surface area (Å²) in [5.74, 6) is 1.98. The average Bonchev–Trinajstić information content (AvgIpc) is 2.90. The van der Waals surface area contributed by atoms with Gasteiger partial charge in [-0.2, -0.15) is 4.98 Å². The van der Waals surface area contributed by atoms with Crippen molar-refractivity contribution in [1.82, 2.24) is 15.0 Å². The van der Waals surface area contributed by atoms with Gasteiger partial charge in [0.15, 0.2) is 5.82 Å². The summed E-state index contributed by atoms with van der Waals surface area (Å²) in [6.07, 6.45) is 0.905. The standard InChI is InChI=1S/C16H23N3O2/c1-11(2)16-17-15(21-18-16)10-19(4)12(3)9-13-5-7-14(20)8-6-13/h5-8,11-12,20H,9-10H2,1-4H3. The smallest absolute Gasteiger partial charge is 0.240 e. The number of nitrogens with zero attached hydrogens (tertiary/aromatic N) is 3. The highest BCUT2D eigenvalue weighted by Crippen LogP contribution is 2.15. The normalized spacial score (nSPS) is 13.0. The molecule has 1 aromatic heterocycles. The van der Waals surface area contributed by atoms with Crippen LogP contribution in [-0.4, -0.2) is 33.2 Å². The number of likely N-dealkylation sites (N-methyl/N-ethyl adjacent to an activating group) is 1. The first-order valence-electron chi connectivity index (χ1n) is 7.26. The molecule has 21 heavy (non-hydrogen) atoms. The van der Waals surface area contributed by atoms with E-state index in [-0.39, 0.29) is 5.92 Å². The van der Waals surface area contributed by atoms with Gasteiger partial charge in [-0.25, -0.2) is 0 Å². The van der Waals surface area contributed by atoms with Gasteiger partial charge in [0.05, 0.1) is 6.54 Å². The van der Waals surface area contributed by atoms with Crippen LogP contribution in [0.2, 0.25) is 0 Å². The van der Waals surface area contributed by atoms with Gasteiger partial charge in [-0.15, -0.1) is 0 Å². The molecule has 5 heteroatoms. The van der Waals surface area contributed by atoms with E-state index in [1.54, 1.807) is 12.1 Å². The molecule has 1 N–H and O–H groups in total. The van der Waals surface area contributed by atoms with Crippen molar-refractivity contribution in [2.24, 2.45) is 0 Å². The van der Waals surface area contributed by atoms with Crippen molar-refractivity contribution in [3.8, 4) is 5.75 Å². The van der Waals surface area contributed by atoms with Gasteiger partial charge in [0.1, 0.15) is 5.75 Å². The molecule has 5 nitrogen and oxygen atoms in total. The molecule has 1 heterocycles. The maximum atomic E-state index is 9.30. The molecule has 0 aliphatic carbocycles. The molecular weight excluding hydrogens is 266 g/mol. The van der Waals surface area contributed by atoms with E-state index in [9.17, 15) is 5.11 Å². The minimum absolute atomic E-state index is 0.280. The van der Waals surface area contributed by atoms with E-state index in [2.05, 4.69) is 22.0 Å². The van der Waals surface area contributed by atoms with Crippen molar-refractivity contribution >= 4 is 0 Å². The summed E-state index contributed by atoms with van der Waals surface area (Å²) in [7, 11) is 2.05. The highest BCUT2D eigenvalue weighted by atomic mass is 16.5. The number of hydrogen-bond donors (Lipinski definition) is 1. The maximum absolute atomic E-state index is 9.30. The lowest BCUT2D eigenvalue weighted by atomic mass is 10.1. The molecule has 0 saturated carbocycles. The van der Waals surface area contributed by atoms with E-state index in [4.69, 9.17) is 4.52 Å². The van der Waals surface area contributed by atoms with Gasteiger partial charge in [0.2, 0.25) is 5.89 Å². The Morgan fingerprint density at radius 2 is 1.86 bits per heavy atom. The predicted octanol–water partition coefficient (Wildman–Crippen LogP) is 2.96. The van der Waals surface area contributed by atoms with Crippen LogP contribution < -0.4 is 0 Å². The Morgan fingerprint density at radius 1 is 1.19 bits per heavy atom. The van der Waals surface area contributed by atoms with Gasteiger partial charge >= 0.3 is 0 Å². The highest BCUT2D eigenvalue weighted by molar-refractivity contribution is 5.26. The molecule has 2 aromatic rings. The fourth-order valence-corrected chi connectivity index (χ4v) is 2.06. The Bertz CT molecular complexity index is 563. The van der Waals surface area contributed by atoms with Gasteiger partial charge in [-0.05, 0) is 38.1 Å². The molecule has 1 aromatic carbocycles. The first-order chi connectivity index (χ1) is 9.95. The fraction of sp³-hybridized carbons (Fsp3) is 0.500. The number of rotatable bonds is 6. The first kappa shape index (κ1) is 15.5. The number of phenolic OH excluding ortho intramolecular Hbond substituents is 1. The van der Waals surface area contributed by atoms with Gasteiger partial charge in [0.25, 0.3) is 0 Å². The minimum Gasteiger partial charge on any atom is -0.508 e. The summed E-state index contributed by atoms with van der Waals surface area (Å²) in [4.78, 5) is 6.58. The zero-order valence-electron chi connectivity index (χ0n) is 13.1. The second-order valence-electron chi connectivity index (χ2n) is 5.84. The fourth-order valence-electron chi connectivity index (χ4n) is 2.06. The van der Waals surface area contributed by atoms with E-state index >= 15 is 0 Å². The Hall–Kier alpha value is -1.88. The number of aromatic hydroxyl groups is 1. The number of phenols is 1. The number of hydrogen-bond acceptors (Lipinski definition) is 5. The monoisotopic (exact) mass is 289 g/mol. The molecule has 0 spiro atoms. The summed E-state index contributed by atoms with van der Waals surface area (Å²) in [5, 5.41) is 13.3. The van der Waals surface area contributed by atoms with Crippen molar-refractivity contribution in [2.75, 3.05) is 7.05 Å². The topological polar surface area (TPSA) is 62.4 Å². The third-order valence-corrected chi connectivity index (χ3v) is 3.60. The van der Waals surface area contributed by atoms with E-state index in [1.165, 1.54) is 5.56 Å². The van der Waals surface area contributed by atoms with Crippen LogP contribution in [0.4, 0.5) is 0 Å². The van der Waals surface area contributed by atoms with E-state index < -0.39 is 0 Å². The zero-order valence-corrected chi connectivity index (χ0v) is 13.1. The van der Waals surface area contributed by atoms with Gasteiger partial charge < -0.3 is 9.63 Å². The third kappa shape index (κ3) is 4.29. The van der Waals surface area contributed by atoms with Crippen LogP contribution >= 0.6 is 0 Å². The van der Waals surface area contributed by atoms with Crippen LogP contribution in [0.3, 0.4) is 0 Å². The third-order valence-electron chi connectivity index (χ3n) is 3.60.